The Morgan fingerprint density at radius 1 is 1.33 bits per heavy atom. The summed E-state index contributed by atoms with van der Waals surface area (Å²) in [5, 5.41) is 3.44. The van der Waals surface area contributed by atoms with Crippen LogP contribution in [-0.2, 0) is 17.8 Å². The van der Waals surface area contributed by atoms with Gasteiger partial charge >= 0.3 is 0 Å². The van der Waals surface area contributed by atoms with Crippen molar-refractivity contribution in [1.82, 2.24) is 10.2 Å². The third-order valence-corrected chi connectivity index (χ3v) is 3.49. The van der Waals surface area contributed by atoms with E-state index in [-0.39, 0.29) is 0 Å². The quantitative estimate of drug-likeness (QED) is 0.636. The van der Waals surface area contributed by atoms with Gasteiger partial charge in [0.25, 0.3) is 0 Å². The van der Waals surface area contributed by atoms with Crippen molar-refractivity contribution < 1.29 is 9.15 Å². The van der Waals surface area contributed by atoms with E-state index in [2.05, 4.69) is 44.0 Å². The van der Waals surface area contributed by atoms with Crippen molar-refractivity contribution in [3.8, 4) is 0 Å². The molecule has 21 heavy (non-hydrogen) atoms. The Hall–Kier alpha value is -0.840. The van der Waals surface area contributed by atoms with Crippen molar-refractivity contribution in [3.05, 3.63) is 23.2 Å². The molecule has 0 aromatic carbocycles. The summed E-state index contributed by atoms with van der Waals surface area (Å²) in [7, 11) is 0. The van der Waals surface area contributed by atoms with Crippen molar-refractivity contribution >= 4 is 0 Å². The lowest BCUT2D eigenvalue weighted by Gasteiger charge is -2.18. The van der Waals surface area contributed by atoms with Crippen LogP contribution in [0.15, 0.2) is 10.5 Å². The Labute approximate surface area is 129 Å². The summed E-state index contributed by atoms with van der Waals surface area (Å²) in [6.45, 7) is 17.0. The average molecular weight is 296 g/mol. The fourth-order valence-corrected chi connectivity index (χ4v) is 2.23. The molecule has 0 amide bonds. The third kappa shape index (κ3) is 7.11. The number of likely N-dealkylation sites (N-methyl/N-ethyl adjacent to an activating group) is 1. The second-order valence-corrected chi connectivity index (χ2v) is 5.91. The van der Waals surface area contributed by atoms with Crippen molar-refractivity contribution in [2.24, 2.45) is 5.92 Å². The molecule has 4 nitrogen and oxygen atoms in total. The zero-order chi connectivity index (χ0) is 15.7. The third-order valence-electron chi connectivity index (χ3n) is 3.49. The van der Waals surface area contributed by atoms with E-state index < -0.39 is 0 Å². The van der Waals surface area contributed by atoms with Crippen molar-refractivity contribution in [2.75, 3.05) is 32.8 Å². The summed E-state index contributed by atoms with van der Waals surface area (Å²) >= 11 is 0. The van der Waals surface area contributed by atoms with Gasteiger partial charge in [-0.3, -0.25) is 4.90 Å². The van der Waals surface area contributed by atoms with Crippen molar-refractivity contribution in [2.45, 2.75) is 47.7 Å². The number of nitrogens with zero attached hydrogens (tertiary/aromatic N) is 1. The van der Waals surface area contributed by atoms with Crippen LogP contribution in [0, 0.1) is 12.8 Å². The van der Waals surface area contributed by atoms with Gasteiger partial charge in [-0.1, -0.05) is 20.8 Å². The highest BCUT2D eigenvalue weighted by molar-refractivity contribution is 5.20. The van der Waals surface area contributed by atoms with Crippen molar-refractivity contribution in [3.63, 3.8) is 0 Å². The largest absolute Gasteiger partial charge is 0.463 e. The number of ether oxygens (including phenoxy) is 1. The monoisotopic (exact) mass is 296 g/mol. The van der Waals surface area contributed by atoms with Crippen LogP contribution < -0.4 is 5.32 Å². The van der Waals surface area contributed by atoms with Gasteiger partial charge in [-0.2, -0.15) is 0 Å². The molecule has 0 aliphatic heterocycles. The summed E-state index contributed by atoms with van der Waals surface area (Å²) in [4.78, 5) is 2.35. The van der Waals surface area contributed by atoms with E-state index in [9.17, 15) is 0 Å². The molecule has 1 rings (SSSR count). The Bertz CT molecular complexity index is 388. The highest BCUT2D eigenvalue weighted by atomic mass is 16.5. The van der Waals surface area contributed by atoms with Crippen LogP contribution in [0.1, 0.15) is 44.8 Å². The van der Waals surface area contributed by atoms with Crippen LogP contribution in [0.2, 0.25) is 0 Å². The van der Waals surface area contributed by atoms with E-state index in [4.69, 9.17) is 9.15 Å². The van der Waals surface area contributed by atoms with Crippen LogP contribution in [0.3, 0.4) is 0 Å². The predicted octanol–water partition coefficient (Wildman–Crippen LogP) is 3.19. The van der Waals surface area contributed by atoms with E-state index in [0.717, 1.165) is 57.5 Å². The average Bonchev–Trinajstić information content (AvgIpc) is 2.78. The van der Waals surface area contributed by atoms with Crippen LogP contribution in [0.4, 0.5) is 0 Å². The van der Waals surface area contributed by atoms with Gasteiger partial charge in [0.1, 0.15) is 11.5 Å². The molecule has 4 heteroatoms. The Balaban J connectivity index is 2.47. The van der Waals surface area contributed by atoms with Crippen LogP contribution in [0.25, 0.3) is 0 Å². The molecule has 122 valence electrons. The van der Waals surface area contributed by atoms with Gasteiger partial charge in [0.05, 0.1) is 19.7 Å². The summed E-state index contributed by atoms with van der Waals surface area (Å²) in [6.07, 6.45) is 0. The lowest BCUT2D eigenvalue weighted by atomic mass is 10.2. The maximum Gasteiger partial charge on any atom is 0.120 e. The van der Waals surface area contributed by atoms with Gasteiger partial charge in [-0.15, -0.1) is 0 Å². The number of furan rings is 1. The van der Waals surface area contributed by atoms with Crippen LogP contribution >= 0.6 is 0 Å². The minimum absolute atomic E-state index is 0.661. The number of rotatable bonds is 11. The van der Waals surface area contributed by atoms with Crippen molar-refractivity contribution in [1.29, 1.82) is 0 Å². The lowest BCUT2D eigenvalue weighted by Crippen LogP contribution is -2.26. The SMILES string of the molecule is CCOCCN(CC)Cc1cc(C)c(CNCC(C)C)o1. The molecule has 0 radical (unpaired) electrons. The van der Waals surface area contributed by atoms with E-state index in [1.807, 2.05) is 6.92 Å². The maximum atomic E-state index is 5.99. The molecular formula is C17H32N2O2. The topological polar surface area (TPSA) is 37.6 Å². The molecule has 1 aromatic rings. The second kappa shape index (κ2) is 9.98. The molecule has 0 atom stereocenters. The summed E-state index contributed by atoms with van der Waals surface area (Å²) in [5.41, 5.74) is 1.24. The number of hydrogen-bond donors (Lipinski definition) is 1. The normalized spacial score (nSPS) is 11.8. The first kappa shape index (κ1) is 18.2. The fraction of sp³-hybridized carbons (Fsp3) is 0.765. The van der Waals surface area contributed by atoms with E-state index in [1.165, 1.54) is 5.56 Å². The predicted molar refractivity (Wildman–Crippen MR) is 87.4 cm³/mol. The van der Waals surface area contributed by atoms with E-state index in [0.29, 0.717) is 5.92 Å². The van der Waals surface area contributed by atoms with Gasteiger partial charge in [0.15, 0.2) is 0 Å². The molecule has 0 spiro atoms. The molecular weight excluding hydrogens is 264 g/mol. The Kier molecular flexibility index (Phi) is 8.66. The highest BCUT2D eigenvalue weighted by Gasteiger charge is 2.11. The molecule has 0 bridgehead atoms. The minimum atomic E-state index is 0.661. The molecule has 1 aromatic heterocycles. The first-order valence-electron chi connectivity index (χ1n) is 8.15. The number of hydrogen-bond acceptors (Lipinski definition) is 4. The second-order valence-electron chi connectivity index (χ2n) is 5.91. The first-order valence-corrected chi connectivity index (χ1v) is 8.15. The Morgan fingerprint density at radius 3 is 2.71 bits per heavy atom. The smallest absolute Gasteiger partial charge is 0.120 e. The fourth-order valence-electron chi connectivity index (χ4n) is 2.23. The van der Waals surface area contributed by atoms with Gasteiger partial charge in [-0.25, -0.2) is 0 Å². The minimum Gasteiger partial charge on any atom is -0.463 e. The van der Waals surface area contributed by atoms with Crippen LogP contribution in [0.5, 0.6) is 0 Å². The lowest BCUT2D eigenvalue weighted by molar-refractivity contribution is 0.110. The number of nitrogens with one attached hydrogen (secondary N) is 1. The van der Waals surface area contributed by atoms with Gasteiger partial charge in [-0.05, 0) is 44.5 Å². The molecule has 0 saturated heterocycles. The molecule has 1 N–H and O–H groups in total. The molecule has 0 saturated carbocycles. The Morgan fingerprint density at radius 2 is 2.10 bits per heavy atom. The van der Waals surface area contributed by atoms with E-state index >= 15 is 0 Å². The maximum absolute atomic E-state index is 5.99. The molecule has 1 heterocycles. The highest BCUT2D eigenvalue weighted by Crippen LogP contribution is 2.16. The molecule has 0 unspecified atom stereocenters. The summed E-state index contributed by atoms with van der Waals surface area (Å²) < 4.78 is 11.4. The van der Waals surface area contributed by atoms with Gasteiger partial charge < -0.3 is 14.5 Å². The zero-order valence-corrected chi connectivity index (χ0v) is 14.4. The first-order chi connectivity index (χ1) is 10.1. The van der Waals surface area contributed by atoms with Crippen LogP contribution in [-0.4, -0.2) is 37.7 Å². The van der Waals surface area contributed by atoms with E-state index in [1.54, 1.807) is 0 Å². The number of aryl methyl sites for hydroxylation is 1. The molecule has 0 aliphatic carbocycles. The summed E-state index contributed by atoms with van der Waals surface area (Å²) in [6, 6.07) is 2.16. The summed E-state index contributed by atoms with van der Waals surface area (Å²) in [5.74, 6) is 2.77. The zero-order valence-electron chi connectivity index (χ0n) is 14.4. The van der Waals surface area contributed by atoms with Gasteiger partial charge in [0, 0.05) is 13.2 Å². The molecule has 0 aliphatic rings. The standard InChI is InChI=1S/C17H32N2O2/c1-6-19(8-9-20-7-2)13-16-10-15(5)17(21-16)12-18-11-14(3)4/h10,14,18H,6-9,11-13H2,1-5H3. The van der Waals surface area contributed by atoms with Gasteiger partial charge in [0.2, 0.25) is 0 Å². The molecule has 0 fully saturated rings.